The number of aliphatic hydroxyl groups excluding tert-OH is 1. The summed E-state index contributed by atoms with van der Waals surface area (Å²) in [7, 11) is 0. The first kappa shape index (κ1) is 18.4. The average Bonchev–Trinajstić information content (AvgIpc) is 3.26. The van der Waals surface area contributed by atoms with Crippen molar-refractivity contribution >= 4 is 17.5 Å². The summed E-state index contributed by atoms with van der Waals surface area (Å²) in [4.78, 5) is 27.5. The Balaban J connectivity index is 1.62. The first-order valence-corrected chi connectivity index (χ1v) is 10.3. The number of anilines is 1. The maximum absolute atomic E-state index is 13.9. The Kier molecular flexibility index (Phi) is 3.91. The van der Waals surface area contributed by atoms with Crippen molar-refractivity contribution in [2.24, 2.45) is 16.7 Å². The van der Waals surface area contributed by atoms with Gasteiger partial charge in [0, 0.05) is 0 Å². The van der Waals surface area contributed by atoms with Crippen LogP contribution >= 0.6 is 0 Å². The Morgan fingerprint density at radius 3 is 2.31 bits per heavy atom. The van der Waals surface area contributed by atoms with Crippen LogP contribution in [0.1, 0.15) is 44.8 Å². The van der Waals surface area contributed by atoms with Crippen molar-refractivity contribution in [1.29, 1.82) is 0 Å². The molecule has 0 radical (unpaired) electrons. The highest BCUT2D eigenvalue weighted by Crippen LogP contribution is 2.70. The lowest BCUT2D eigenvalue weighted by Gasteiger charge is -2.35. The van der Waals surface area contributed by atoms with Gasteiger partial charge >= 0.3 is 0 Å². The highest BCUT2D eigenvalue weighted by molar-refractivity contribution is 6.05. The molecule has 5 heteroatoms. The third-order valence-corrected chi connectivity index (χ3v) is 7.79. The number of para-hydroxylation sites is 1. The van der Waals surface area contributed by atoms with Crippen LogP contribution in [0.15, 0.2) is 60.7 Å². The summed E-state index contributed by atoms with van der Waals surface area (Å²) in [5.41, 5.74) is 0.462. The fraction of sp³-hybridized carbons (Fsp3) is 0.417. The summed E-state index contributed by atoms with van der Waals surface area (Å²) in [5, 5.41) is 14.0. The molecule has 0 unspecified atom stereocenters. The minimum atomic E-state index is -1.30. The molecule has 1 saturated heterocycles. The lowest BCUT2D eigenvalue weighted by Crippen LogP contribution is -2.49. The molecule has 2 aliphatic carbocycles. The quantitative estimate of drug-likeness (QED) is 0.869. The van der Waals surface area contributed by atoms with Crippen LogP contribution in [0.3, 0.4) is 0 Å². The van der Waals surface area contributed by atoms with Crippen LogP contribution in [0.25, 0.3) is 0 Å². The van der Waals surface area contributed by atoms with Crippen LogP contribution in [0.4, 0.5) is 5.69 Å². The molecule has 2 bridgehead atoms. The van der Waals surface area contributed by atoms with Crippen LogP contribution in [0, 0.1) is 16.7 Å². The smallest absolute Gasteiger partial charge is 0.275 e. The van der Waals surface area contributed by atoms with Crippen LogP contribution in [0.2, 0.25) is 0 Å². The van der Waals surface area contributed by atoms with E-state index in [4.69, 9.17) is 0 Å². The number of fused-ring (bicyclic) bond motifs is 1. The summed E-state index contributed by atoms with van der Waals surface area (Å²) in [6, 6.07) is 18.1. The summed E-state index contributed by atoms with van der Waals surface area (Å²) in [5.74, 6) is -0.0236. The van der Waals surface area contributed by atoms with Gasteiger partial charge in [-0.25, -0.2) is 10.0 Å². The summed E-state index contributed by atoms with van der Waals surface area (Å²) >= 11 is 0. The zero-order valence-electron chi connectivity index (χ0n) is 16.8. The Hall–Kier alpha value is -2.66. The Morgan fingerprint density at radius 2 is 1.69 bits per heavy atom. The zero-order valence-corrected chi connectivity index (χ0v) is 16.8. The molecular formula is C24H26N2O3. The van der Waals surface area contributed by atoms with Crippen molar-refractivity contribution in [3.63, 3.8) is 0 Å². The lowest BCUT2D eigenvalue weighted by molar-refractivity contribution is -0.143. The number of hydrazine groups is 1. The van der Waals surface area contributed by atoms with Gasteiger partial charge in [-0.05, 0) is 48.3 Å². The van der Waals surface area contributed by atoms with Crippen molar-refractivity contribution in [2.45, 2.75) is 45.3 Å². The number of rotatable bonds is 3. The van der Waals surface area contributed by atoms with Crippen molar-refractivity contribution < 1.29 is 14.7 Å². The maximum Gasteiger partial charge on any atom is 0.275 e. The number of benzene rings is 2. The fourth-order valence-electron chi connectivity index (χ4n) is 6.15. The molecular weight excluding hydrogens is 364 g/mol. The molecule has 5 rings (SSSR count). The lowest BCUT2D eigenvalue weighted by atomic mass is 9.67. The van der Waals surface area contributed by atoms with Gasteiger partial charge in [0.25, 0.3) is 11.8 Å². The summed E-state index contributed by atoms with van der Waals surface area (Å²) < 4.78 is 0. The normalized spacial score (nSPS) is 30.5. The number of amides is 2. The van der Waals surface area contributed by atoms with E-state index in [2.05, 4.69) is 13.8 Å². The highest BCUT2D eigenvalue weighted by atomic mass is 16.3. The molecule has 2 aromatic rings. The number of carbonyl (C=O) groups excluding carboxylic acids is 2. The van der Waals surface area contributed by atoms with E-state index in [-0.39, 0.29) is 17.4 Å². The van der Waals surface area contributed by atoms with E-state index in [9.17, 15) is 14.7 Å². The van der Waals surface area contributed by atoms with E-state index >= 15 is 0 Å². The third kappa shape index (κ3) is 2.25. The fourth-order valence-corrected chi connectivity index (χ4v) is 6.15. The number of carbonyl (C=O) groups is 2. The molecule has 150 valence electrons. The van der Waals surface area contributed by atoms with E-state index in [1.54, 1.807) is 34.3 Å². The second-order valence-electron chi connectivity index (χ2n) is 9.13. The van der Waals surface area contributed by atoms with E-state index in [1.807, 2.05) is 36.4 Å². The molecule has 1 N–H and O–H groups in total. The standard InChI is InChI=1S/C24H26N2O3/c1-23(2)17-13-14-24(23)19(15-17)26(21(28)20(27)16-9-5-3-6-10-16)25(22(24)29)18-11-7-4-8-12-18/h3-12,17,19-20,27H,13-15H2,1-2H3/t17-,19-,20+,24+/m1/s1. The highest BCUT2D eigenvalue weighted by Gasteiger charge is 2.75. The minimum absolute atomic E-state index is 0.00712. The largest absolute Gasteiger partial charge is 0.378 e. The van der Waals surface area contributed by atoms with Gasteiger partial charge < -0.3 is 5.11 Å². The molecule has 1 spiro atoms. The molecule has 2 saturated carbocycles. The summed E-state index contributed by atoms with van der Waals surface area (Å²) in [6.45, 7) is 4.35. The second-order valence-corrected chi connectivity index (χ2v) is 9.13. The molecule has 3 aliphatic rings. The first-order valence-electron chi connectivity index (χ1n) is 10.3. The summed E-state index contributed by atoms with van der Waals surface area (Å²) in [6.07, 6.45) is 1.31. The first-order chi connectivity index (χ1) is 13.9. The van der Waals surface area contributed by atoms with Gasteiger partial charge in [-0.15, -0.1) is 0 Å². The zero-order chi connectivity index (χ0) is 20.4. The molecule has 3 fully saturated rings. The van der Waals surface area contributed by atoms with Gasteiger partial charge in [0.1, 0.15) is 0 Å². The number of aliphatic hydroxyl groups is 1. The molecule has 5 nitrogen and oxygen atoms in total. The van der Waals surface area contributed by atoms with Crippen molar-refractivity contribution in [3.05, 3.63) is 66.2 Å². The van der Waals surface area contributed by atoms with Gasteiger partial charge in [-0.3, -0.25) is 9.59 Å². The second kappa shape index (κ2) is 6.17. The Morgan fingerprint density at radius 1 is 1.07 bits per heavy atom. The number of hydrogen-bond acceptors (Lipinski definition) is 3. The van der Waals surface area contributed by atoms with Crippen LogP contribution < -0.4 is 5.01 Å². The van der Waals surface area contributed by atoms with Gasteiger partial charge in [0.05, 0.1) is 17.1 Å². The van der Waals surface area contributed by atoms with E-state index in [1.165, 1.54) is 0 Å². The van der Waals surface area contributed by atoms with Gasteiger partial charge in [0.15, 0.2) is 6.10 Å². The molecule has 2 amide bonds. The van der Waals surface area contributed by atoms with Crippen molar-refractivity contribution in [2.75, 3.05) is 5.01 Å². The predicted molar refractivity (Wildman–Crippen MR) is 110 cm³/mol. The molecule has 2 aromatic carbocycles. The molecule has 4 atom stereocenters. The van der Waals surface area contributed by atoms with Crippen LogP contribution in [-0.4, -0.2) is 28.0 Å². The Labute approximate surface area is 170 Å². The number of hydrogen-bond donors (Lipinski definition) is 1. The topological polar surface area (TPSA) is 60.9 Å². The van der Waals surface area contributed by atoms with Crippen LogP contribution in [0.5, 0.6) is 0 Å². The van der Waals surface area contributed by atoms with Crippen molar-refractivity contribution in [1.82, 2.24) is 5.01 Å². The third-order valence-electron chi connectivity index (χ3n) is 7.79. The maximum atomic E-state index is 13.9. The molecule has 1 heterocycles. The van der Waals surface area contributed by atoms with E-state index < -0.39 is 17.4 Å². The molecule has 29 heavy (non-hydrogen) atoms. The van der Waals surface area contributed by atoms with Gasteiger partial charge in [0.2, 0.25) is 0 Å². The van der Waals surface area contributed by atoms with Crippen LogP contribution in [-0.2, 0) is 9.59 Å². The number of nitrogens with zero attached hydrogens (tertiary/aromatic N) is 2. The SMILES string of the molecule is CC1(C)[C@@H]2CC[C@]13C(=O)N(c1ccccc1)N(C(=O)[C@@H](O)c1ccccc1)[C@@H]3C2. The van der Waals surface area contributed by atoms with E-state index in [0.29, 0.717) is 17.2 Å². The average molecular weight is 390 g/mol. The predicted octanol–water partition coefficient (Wildman–Crippen LogP) is 3.71. The molecule has 1 aliphatic heterocycles. The Bertz CT molecular complexity index is 959. The minimum Gasteiger partial charge on any atom is -0.378 e. The van der Waals surface area contributed by atoms with Gasteiger partial charge in [-0.1, -0.05) is 62.4 Å². The molecule has 0 aromatic heterocycles. The monoisotopic (exact) mass is 390 g/mol. The van der Waals surface area contributed by atoms with Gasteiger partial charge in [-0.2, -0.15) is 0 Å². The van der Waals surface area contributed by atoms with E-state index in [0.717, 1.165) is 19.3 Å². The van der Waals surface area contributed by atoms with Crippen molar-refractivity contribution in [3.8, 4) is 0 Å².